The molecule has 3 aliphatic rings. The fraction of sp³-hybridized carbons (Fsp3) is 0.700. The van der Waals surface area contributed by atoms with Crippen LogP contribution in [0.25, 0.3) is 0 Å². The molecule has 2 aromatic heterocycles. The van der Waals surface area contributed by atoms with Crippen molar-refractivity contribution in [2.24, 2.45) is 0 Å². The molecule has 0 aromatic carbocycles. The van der Waals surface area contributed by atoms with Gasteiger partial charge in [-0.15, -0.1) is 5.10 Å². The highest BCUT2D eigenvalue weighted by Gasteiger charge is 2.36. The van der Waals surface area contributed by atoms with Gasteiger partial charge in [0.2, 0.25) is 11.8 Å². The molecular formula is C20H28N6O2. The van der Waals surface area contributed by atoms with Gasteiger partial charge in [-0.25, -0.2) is 9.67 Å². The fourth-order valence-corrected chi connectivity index (χ4v) is 4.50. The number of hydrogen-bond donors (Lipinski definition) is 1. The Morgan fingerprint density at radius 1 is 1.36 bits per heavy atom. The summed E-state index contributed by atoms with van der Waals surface area (Å²) in [6.07, 6.45) is 9.51. The summed E-state index contributed by atoms with van der Waals surface area (Å²) in [6, 6.07) is 0. The Balaban J connectivity index is 1.16. The van der Waals surface area contributed by atoms with E-state index in [0.29, 0.717) is 12.5 Å². The summed E-state index contributed by atoms with van der Waals surface area (Å²) in [4.78, 5) is 19.4. The Labute approximate surface area is 164 Å². The van der Waals surface area contributed by atoms with Gasteiger partial charge in [0.25, 0.3) is 0 Å². The van der Waals surface area contributed by atoms with E-state index in [0.717, 1.165) is 61.8 Å². The lowest BCUT2D eigenvalue weighted by atomic mass is 10.0. The number of oxazole rings is 1. The summed E-state index contributed by atoms with van der Waals surface area (Å²) >= 11 is 0. The van der Waals surface area contributed by atoms with E-state index >= 15 is 0 Å². The molecule has 3 heterocycles. The van der Waals surface area contributed by atoms with Crippen molar-refractivity contribution in [2.45, 2.75) is 76.4 Å². The Hall–Kier alpha value is -2.22. The van der Waals surface area contributed by atoms with Gasteiger partial charge in [-0.2, -0.15) is 0 Å². The number of rotatable bonds is 6. The van der Waals surface area contributed by atoms with E-state index in [1.54, 1.807) is 4.68 Å². The monoisotopic (exact) mass is 384 g/mol. The Bertz CT molecular complexity index is 870. The number of aryl methyl sites for hydroxylation is 1. The maximum Gasteiger partial charge on any atom is 0.242 e. The van der Waals surface area contributed by atoms with E-state index in [9.17, 15) is 4.79 Å². The number of likely N-dealkylation sites (tertiary alicyclic amines) is 1. The highest BCUT2D eigenvalue weighted by molar-refractivity contribution is 5.76. The van der Waals surface area contributed by atoms with E-state index in [4.69, 9.17) is 4.42 Å². The molecule has 0 bridgehead atoms. The third kappa shape index (κ3) is 3.70. The molecule has 8 heteroatoms. The third-order valence-corrected chi connectivity index (χ3v) is 6.19. The summed E-state index contributed by atoms with van der Waals surface area (Å²) in [5.41, 5.74) is 1.97. The summed E-state index contributed by atoms with van der Waals surface area (Å²) in [5.74, 6) is 2.41. The van der Waals surface area contributed by atoms with Crippen molar-refractivity contribution in [3.8, 4) is 0 Å². The summed E-state index contributed by atoms with van der Waals surface area (Å²) in [6.45, 7) is 4.80. The Kier molecular flexibility index (Phi) is 4.45. The topological polar surface area (TPSA) is 89.1 Å². The molecule has 5 rings (SSSR count). The van der Waals surface area contributed by atoms with Crippen LogP contribution in [0.5, 0.6) is 0 Å². The number of nitrogens with zero attached hydrogens (tertiary/aromatic N) is 5. The van der Waals surface area contributed by atoms with Gasteiger partial charge >= 0.3 is 0 Å². The van der Waals surface area contributed by atoms with E-state index < -0.39 is 0 Å². The number of carbonyl (C=O) groups is 1. The van der Waals surface area contributed by atoms with Crippen LogP contribution in [0.1, 0.15) is 68.0 Å². The molecule has 1 unspecified atom stereocenters. The third-order valence-electron chi connectivity index (χ3n) is 6.19. The molecule has 28 heavy (non-hydrogen) atoms. The highest BCUT2D eigenvalue weighted by Crippen LogP contribution is 2.40. The normalized spacial score (nSPS) is 25.0. The summed E-state index contributed by atoms with van der Waals surface area (Å²) in [5, 5.41) is 11.7. The number of aromatic nitrogens is 4. The van der Waals surface area contributed by atoms with Crippen LogP contribution in [0, 0.1) is 0 Å². The van der Waals surface area contributed by atoms with Crippen molar-refractivity contribution in [3.63, 3.8) is 0 Å². The molecule has 1 atom stereocenters. The average Bonchev–Trinajstić information content (AvgIpc) is 3.12. The van der Waals surface area contributed by atoms with Gasteiger partial charge in [0, 0.05) is 19.0 Å². The predicted octanol–water partition coefficient (Wildman–Crippen LogP) is 1.80. The second-order valence-corrected chi connectivity index (χ2v) is 8.85. The van der Waals surface area contributed by atoms with E-state index in [-0.39, 0.29) is 18.0 Å². The molecule has 2 aromatic rings. The van der Waals surface area contributed by atoms with Gasteiger partial charge in [0.05, 0.1) is 29.7 Å². The lowest BCUT2D eigenvalue weighted by molar-refractivity contribution is -0.123. The molecule has 2 aliphatic carbocycles. The van der Waals surface area contributed by atoms with E-state index in [1.165, 1.54) is 19.3 Å². The van der Waals surface area contributed by atoms with Gasteiger partial charge in [-0.1, -0.05) is 5.21 Å². The van der Waals surface area contributed by atoms with Crippen molar-refractivity contribution in [2.75, 3.05) is 13.1 Å². The Morgan fingerprint density at radius 3 is 3.07 bits per heavy atom. The molecule has 0 radical (unpaired) electrons. The van der Waals surface area contributed by atoms with Crippen LogP contribution in [0.15, 0.2) is 10.6 Å². The maximum atomic E-state index is 12.7. The van der Waals surface area contributed by atoms with Crippen molar-refractivity contribution < 1.29 is 9.21 Å². The van der Waals surface area contributed by atoms with Gasteiger partial charge in [-0.3, -0.25) is 9.69 Å². The molecular weight excluding hydrogens is 356 g/mol. The van der Waals surface area contributed by atoms with Gasteiger partial charge in [0.15, 0.2) is 0 Å². The van der Waals surface area contributed by atoms with Crippen molar-refractivity contribution >= 4 is 5.91 Å². The minimum atomic E-state index is -0.232. The second kappa shape index (κ2) is 6.99. The summed E-state index contributed by atoms with van der Waals surface area (Å²) < 4.78 is 7.67. The molecule has 0 spiro atoms. The van der Waals surface area contributed by atoms with Crippen LogP contribution in [-0.4, -0.2) is 49.4 Å². The lowest BCUT2D eigenvalue weighted by Crippen LogP contribution is -2.49. The highest BCUT2D eigenvalue weighted by atomic mass is 16.4. The number of carbonyl (C=O) groups excluding carboxylic acids is 1. The summed E-state index contributed by atoms with van der Waals surface area (Å²) in [7, 11) is 0. The van der Waals surface area contributed by atoms with Crippen LogP contribution >= 0.6 is 0 Å². The molecule has 8 nitrogen and oxygen atoms in total. The van der Waals surface area contributed by atoms with Crippen molar-refractivity contribution in [3.05, 3.63) is 29.2 Å². The van der Waals surface area contributed by atoms with Crippen LogP contribution in [-0.2, 0) is 30.7 Å². The van der Waals surface area contributed by atoms with Crippen LogP contribution in [0.2, 0.25) is 0 Å². The molecule has 1 saturated carbocycles. The number of amides is 1. The smallest absolute Gasteiger partial charge is 0.242 e. The fourth-order valence-electron chi connectivity index (χ4n) is 4.50. The molecule has 1 amide bonds. The zero-order chi connectivity index (χ0) is 19.1. The zero-order valence-corrected chi connectivity index (χ0v) is 16.5. The average molecular weight is 384 g/mol. The molecule has 150 valence electrons. The molecule has 1 aliphatic heterocycles. The quantitative estimate of drug-likeness (QED) is 0.817. The first-order chi connectivity index (χ1) is 13.6. The van der Waals surface area contributed by atoms with Gasteiger partial charge < -0.3 is 9.73 Å². The zero-order valence-electron chi connectivity index (χ0n) is 16.5. The van der Waals surface area contributed by atoms with Crippen LogP contribution < -0.4 is 5.32 Å². The number of hydrogen-bond acceptors (Lipinski definition) is 6. The number of fused-ring (bicyclic) bond motifs is 1. The van der Waals surface area contributed by atoms with Gasteiger partial charge in [-0.05, 0) is 51.9 Å². The standard InChI is InChI=1S/C20H28N6O2/c1-20(22-18(27)11-26-16-5-3-2-4-15(16)23-24-26)8-9-25(13-20)12-19-21-10-17(28-19)14-6-7-14/h10,14H,2-9,11-13H2,1H3,(H,22,27). The first-order valence-electron chi connectivity index (χ1n) is 10.5. The molecule has 1 N–H and O–H groups in total. The van der Waals surface area contributed by atoms with E-state index in [1.807, 2.05) is 6.20 Å². The van der Waals surface area contributed by atoms with Crippen LogP contribution in [0.3, 0.4) is 0 Å². The number of nitrogens with one attached hydrogen (secondary N) is 1. The first-order valence-corrected chi connectivity index (χ1v) is 10.5. The maximum absolute atomic E-state index is 12.7. The molecule has 1 saturated heterocycles. The largest absolute Gasteiger partial charge is 0.444 e. The van der Waals surface area contributed by atoms with Crippen molar-refractivity contribution in [1.82, 2.24) is 30.2 Å². The second-order valence-electron chi connectivity index (χ2n) is 8.85. The Morgan fingerprint density at radius 2 is 2.21 bits per heavy atom. The van der Waals surface area contributed by atoms with Crippen LogP contribution in [0.4, 0.5) is 0 Å². The SMILES string of the molecule is CC1(NC(=O)Cn2nnc3c2CCCC3)CCN(Cc2ncc(C3CC3)o2)C1. The van der Waals surface area contributed by atoms with E-state index in [2.05, 4.69) is 32.4 Å². The molecule has 2 fully saturated rings. The minimum absolute atomic E-state index is 0.00904. The minimum Gasteiger partial charge on any atom is -0.444 e. The predicted molar refractivity (Wildman–Crippen MR) is 102 cm³/mol. The van der Waals surface area contributed by atoms with Gasteiger partial charge in [0.1, 0.15) is 12.3 Å². The van der Waals surface area contributed by atoms with Crippen molar-refractivity contribution in [1.29, 1.82) is 0 Å². The lowest BCUT2D eigenvalue weighted by Gasteiger charge is -2.26. The first kappa shape index (κ1) is 17.8.